The summed E-state index contributed by atoms with van der Waals surface area (Å²) in [6.45, 7) is -0.146. The van der Waals surface area contributed by atoms with E-state index < -0.39 is 23.8 Å². The topological polar surface area (TPSA) is 65.1 Å². The number of halogens is 3. The second kappa shape index (κ2) is 10.9. The van der Waals surface area contributed by atoms with Gasteiger partial charge in [0.2, 0.25) is 0 Å². The van der Waals surface area contributed by atoms with Gasteiger partial charge in [-0.2, -0.15) is 13.2 Å². The number of amides is 1. The van der Waals surface area contributed by atoms with E-state index in [1.165, 1.54) is 25.2 Å². The number of rotatable bonds is 7. The first-order valence-corrected chi connectivity index (χ1v) is 11.6. The summed E-state index contributed by atoms with van der Waals surface area (Å²) in [5, 5.41) is 0. The quantitative estimate of drug-likeness (QED) is 0.366. The van der Waals surface area contributed by atoms with Crippen LogP contribution in [0, 0.1) is 0 Å². The molecule has 4 rings (SSSR count). The molecule has 0 fully saturated rings. The van der Waals surface area contributed by atoms with Crippen molar-refractivity contribution >= 4 is 12.1 Å². The van der Waals surface area contributed by atoms with Crippen LogP contribution in [0.3, 0.4) is 0 Å². The third-order valence-corrected chi connectivity index (χ3v) is 6.31. The van der Waals surface area contributed by atoms with Crippen molar-refractivity contribution in [2.24, 2.45) is 0 Å². The first kappa shape index (κ1) is 26.1. The highest BCUT2D eigenvalue weighted by Crippen LogP contribution is 2.36. The molecule has 9 heteroatoms. The van der Waals surface area contributed by atoms with Gasteiger partial charge in [-0.05, 0) is 59.9 Å². The summed E-state index contributed by atoms with van der Waals surface area (Å²) in [5.41, 5.74) is 2.12. The van der Waals surface area contributed by atoms with Gasteiger partial charge in [-0.15, -0.1) is 0 Å². The number of fused-ring (bicyclic) bond motifs is 1. The predicted molar refractivity (Wildman–Crippen MR) is 129 cm³/mol. The normalized spacial score (nSPS) is 13.1. The van der Waals surface area contributed by atoms with Gasteiger partial charge in [0.15, 0.2) is 0 Å². The number of hydrogen-bond acceptors (Lipinski definition) is 5. The third kappa shape index (κ3) is 6.22. The molecule has 1 aliphatic rings. The van der Waals surface area contributed by atoms with E-state index in [0.717, 1.165) is 23.3 Å². The number of nitrogens with zero attached hydrogens (tertiary/aromatic N) is 1. The van der Waals surface area contributed by atoms with Crippen LogP contribution in [0.5, 0.6) is 11.5 Å². The van der Waals surface area contributed by atoms with E-state index in [1.807, 2.05) is 24.3 Å². The van der Waals surface area contributed by atoms with Gasteiger partial charge in [-0.3, -0.25) is 4.79 Å². The molecule has 0 spiro atoms. The molecule has 1 amide bonds. The van der Waals surface area contributed by atoms with Crippen LogP contribution in [-0.4, -0.2) is 37.2 Å². The lowest BCUT2D eigenvalue weighted by Crippen LogP contribution is -2.40. The van der Waals surface area contributed by atoms with Gasteiger partial charge in [0.1, 0.15) is 11.5 Å². The van der Waals surface area contributed by atoms with E-state index in [9.17, 15) is 22.8 Å². The van der Waals surface area contributed by atoms with E-state index >= 15 is 0 Å². The Balaban J connectivity index is 1.66. The minimum atomic E-state index is -4.58. The lowest BCUT2D eigenvalue weighted by Gasteiger charge is -2.28. The van der Waals surface area contributed by atoms with Gasteiger partial charge < -0.3 is 19.1 Å². The molecule has 0 saturated carbocycles. The molecule has 1 aliphatic carbocycles. The smallest absolute Gasteiger partial charge is 0.416 e. The zero-order valence-electron chi connectivity index (χ0n) is 20.4. The monoisotopic (exact) mass is 513 g/mol. The first-order valence-electron chi connectivity index (χ1n) is 11.6. The van der Waals surface area contributed by atoms with Gasteiger partial charge in [0, 0.05) is 11.6 Å². The Labute approximate surface area is 212 Å². The van der Waals surface area contributed by atoms with Crippen LogP contribution in [0.4, 0.5) is 18.0 Å². The molecule has 0 N–H and O–H groups in total. The van der Waals surface area contributed by atoms with Crippen molar-refractivity contribution in [2.45, 2.75) is 38.0 Å². The van der Waals surface area contributed by atoms with E-state index in [4.69, 9.17) is 9.47 Å². The van der Waals surface area contributed by atoms with Crippen molar-refractivity contribution in [3.05, 3.63) is 94.5 Å². The number of carbonyl (C=O) groups excluding carboxylic acids is 2. The Morgan fingerprint density at radius 1 is 0.919 bits per heavy atom. The van der Waals surface area contributed by atoms with Crippen LogP contribution in [0.25, 0.3) is 0 Å². The average Bonchev–Trinajstić information content (AvgIpc) is 3.31. The molecule has 0 saturated heterocycles. The highest BCUT2D eigenvalue weighted by Gasteiger charge is 2.34. The van der Waals surface area contributed by atoms with Crippen LogP contribution >= 0.6 is 0 Å². The van der Waals surface area contributed by atoms with Crippen LogP contribution in [0.1, 0.15) is 27.8 Å². The molecule has 3 aromatic carbocycles. The molecule has 0 heterocycles. The zero-order chi connectivity index (χ0) is 26.6. The predicted octanol–water partition coefficient (Wildman–Crippen LogP) is 5.95. The first-order chi connectivity index (χ1) is 17.7. The van der Waals surface area contributed by atoms with E-state index in [0.29, 0.717) is 24.2 Å². The summed E-state index contributed by atoms with van der Waals surface area (Å²) in [6, 6.07) is 17.3. The summed E-state index contributed by atoms with van der Waals surface area (Å²) in [5.74, 6) is 0.0617. The van der Waals surface area contributed by atoms with E-state index in [-0.39, 0.29) is 30.3 Å². The lowest BCUT2D eigenvalue weighted by molar-refractivity contribution is -0.140. The molecule has 37 heavy (non-hydrogen) atoms. The van der Waals surface area contributed by atoms with Gasteiger partial charge in [0.25, 0.3) is 0 Å². The van der Waals surface area contributed by atoms with Crippen molar-refractivity contribution in [3.63, 3.8) is 0 Å². The molecule has 0 radical (unpaired) electrons. The number of carbonyl (C=O) groups is 2. The standard InChI is InChI=1S/C28H26F3NO5/c1-35-26(33)13-18-6-5-9-24(12-18)37-25-11-10-22(28(29,30)31)14-21(25)17-32(27(34)36-2)23-15-19-7-3-4-8-20(19)16-23/h3-12,14,23H,13,15-17H2,1-2H3. The number of alkyl halides is 3. The van der Waals surface area contributed by atoms with Gasteiger partial charge in [-0.25, -0.2) is 4.79 Å². The number of ether oxygens (including phenoxy) is 3. The fourth-order valence-electron chi connectivity index (χ4n) is 4.46. The number of hydrogen-bond donors (Lipinski definition) is 0. The highest BCUT2D eigenvalue weighted by molar-refractivity contribution is 5.72. The van der Waals surface area contributed by atoms with Crippen molar-refractivity contribution in [3.8, 4) is 11.5 Å². The molecule has 0 aromatic heterocycles. The van der Waals surface area contributed by atoms with Gasteiger partial charge in [-0.1, -0.05) is 36.4 Å². The fourth-order valence-corrected chi connectivity index (χ4v) is 4.46. The maximum absolute atomic E-state index is 13.6. The molecule has 3 aromatic rings. The van der Waals surface area contributed by atoms with Crippen molar-refractivity contribution in [1.29, 1.82) is 0 Å². The molecular formula is C28H26F3NO5. The Morgan fingerprint density at radius 3 is 2.24 bits per heavy atom. The summed E-state index contributed by atoms with van der Waals surface area (Å²) in [6.07, 6.45) is -4.06. The Morgan fingerprint density at radius 2 is 1.62 bits per heavy atom. The van der Waals surface area contributed by atoms with E-state index in [2.05, 4.69) is 4.74 Å². The summed E-state index contributed by atoms with van der Waals surface area (Å²) < 4.78 is 56.4. The van der Waals surface area contributed by atoms with Crippen LogP contribution in [0.15, 0.2) is 66.7 Å². The molecule has 194 valence electrons. The summed E-state index contributed by atoms with van der Waals surface area (Å²) >= 11 is 0. The third-order valence-electron chi connectivity index (χ3n) is 6.31. The van der Waals surface area contributed by atoms with Crippen LogP contribution < -0.4 is 4.74 Å². The van der Waals surface area contributed by atoms with Crippen molar-refractivity contribution in [2.75, 3.05) is 14.2 Å². The fraction of sp³-hybridized carbons (Fsp3) is 0.286. The largest absolute Gasteiger partial charge is 0.469 e. The summed E-state index contributed by atoms with van der Waals surface area (Å²) in [4.78, 5) is 25.9. The second-order valence-electron chi connectivity index (χ2n) is 8.75. The maximum atomic E-state index is 13.6. The minimum absolute atomic E-state index is 0.0198. The Hall–Kier alpha value is -4.01. The SMILES string of the molecule is COC(=O)Cc1cccc(Oc2ccc(C(F)(F)F)cc2CN(C(=O)OC)C2Cc3ccccc3C2)c1. The van der Waals surface area contributed by atoms with E-state index in [1.54, 1.807) is 24.3 Å². The molecule has 0 unspecified atom stereocenters. The Kier molecular flexibility index (Phi) is 7.71. The number of benzene rings is 3. The number of methoxy groups -OCH3 is 2. The van der Waals surface area contributed by atoms with Gasteiger partial charge in [0.05, 0.1) is 32.7 Å². The zero-order valence-corrected chi connectivity index (χ0v) is 20.4. The van der Waals surface area contributed by atoms with Crippen LogP contribution in [0.2, 0.25) is 0 Å². The molecule has 0 bridgehead atoms. The van der Waals surface area contributed by atoms with Crippen LogP contribution in [-0.2, 0) is 46.3 Å². The minimum Gasteiger partial charge on any atom is -0.469 e. The van der Waals surface area contributed by atoms with Gasteiger partial charge >= 0.3 is 18.2 Å². The second-order valence-corrected chi connectivity index (χ2v) is 8.75. The summed E-state index contributed by atoms with van der Waals surface area (Å²) in [7, 11) is 2.53. The highest BCUT2D eigenvalue weighted by atomic mass is 19.4. The molecular weight excluding hydrogens is 487 g/mol. The van der Waals surface area contributed by atoms with Crippen molar-refractivity contribution in [1.82, 2.24) is 4.90 Å². The maximum Gasteiger partial charge on any atom is 0.416 e. The lowest BCUT2D eigenvalue weighted by atomic mass is 10.1. The Bertz CT molecular complexity index is 1270. The molecule has 0 atom stereocenters. The molecule has 6 nitrogen and oxygen atoms in total. The number of esters is 1. The molecule has 0 aliphatic heterocycles. The average molecular weight is 514 g/mol. The van der Waals surface area contributed by atoms with Crippen molar-refractivity contribution < 1.29 is 37.0 Å².